The molecule has 1 aromatic heterocycles. The zero-order valence-electron chi connectivity index (χ0n) is 11.8. The predicted octanol–water partition coefficient (Wildman–Crippen LogP) is 3.00. The van der Waals surface area contributed by atoms with Crippen LogP contribution in [0.4, 0.5) is 0 Å². The summed E-state index contributed by atoms with van der Waals surface area (Å²) >= 11 is 1.02. The van der Waals surface area contributed by atoms with Crippen molar-refractivity contribution in [1.29, 1.82) is 5.26 Å². The van der Waals surface area contributed by atoms with Crippen molar-refractivity contribution in [2.24, 2.45) is 0 Å². The van der Waals surface area contributed by atoms with Crippen LogP contribution < -0.4 is 4.74 Å². The van der Waals surface area contributed by atoms with E-state index in [1.165, 1.54) is 0 Å². The van der Waals surface area contributed by atoms with Crippen LogP contribution >= 0.6 is 11.3 Å². The zero-order chi connectivity index (χ0) is 15.4. The van der Waals surface area contributed by atoms with Crippen LogP contribution in [0.5, 0.6) is 10.9 Å². The molecule has 0 N–H and O–H groups in total. The molecule has 0 bridgehead atoms. The van der Waals surface area contributed by atoms with Crippen molar-refractivity contribution in [3.63, 3.8) is 0 Å². The van der Waals surface area contributed by atoms with Gasteiger partial charge < -0.3 is 9.47 Å². The minimum absolute atomic E-state index is 0.149. The highest BCUT2D eigenvalue weighted by atomic mass is 32.1. The molecule has 108 valence electrons. The van der Waals surface area contributed by atoms with Gasteiger partial charge in [-0.2, -0.15) is 5.26 Å². The van der Waals surface area contributed by atoms with E-state index < -0.39 is 5.97 Å². The number of benzene rings is 1. The number of nitriles is 1. The second-order valence-corrected chi connectivity index (χ2v) is 5.19. The van der Waals surface area contributed by atoms with Gasteiger partial charge in [0.05, 0.1) is 18.2 Å². The van der Waals surface area contributed by atoms with Gasteiger partial charge in [-0.05, 0) is 55.4 Å². The van der Waals surface area contributed by atoms with Gasteiger partial charge in [0, 0.05) is 0 Å². The number of esters is 1. The van der Waals surface area contributed by atoms with Gasteiger partial charge in [0.15, 0.2) is 0 Å². The number of carbonyl (C=O) groups excluding carboxylic acids is 1. The van der Waals surface area contributed by atoms with Crippen LogP contribution in [0, 0.1) is 25.2 Å². The van der Waals surface area contributed by atoms with E-state index in [9.17, 15) is 4.79 Å². The summed E-state index contributed by atoms with van der Waals surface area (Å²) < 4.78 is 10.5. The second-order valence-electron chi connectivity index (χ2n) is 4.25. The molecule has 1 aromatic carbocycles. The lowest BCUT2D eigenvalue weighted by atomic mass is 10.1. The van der Waals surface area contributed by atoms with Gasteiger partial charge in [-0.1, -0.05) is 5.10 Å². The predicted molar refractivity (Wildman–Crippen MR) is 76.6 cm³/mol. The average Bonchev–Trinajstić information content (AvgIpc) is 2.91. The molecule has 0 aliphatic heterocycles. The number of rotatable bonds is 4. The minimum Gasteiger partial charge on any atom is -0.461 e. The van der Waals surface area contributed by atoms with Crippen molar-refractivity contribution in [2.75, 3.05) is 6.61 Å². The lowest BCUT2D eigenvalue weighted by Gasteiger charge is -2.09. The van der Waals surface area contributed by atoms with Gasteiger partial charge in [-0.3, -0.25) is 0 Å². The highest BCUT2D eigenvalue weighted by Crippen LogP contribution is 2.31. The smallest absolute Gasteiger partial charge is 0.369 e. The number of nitrogens with zero attached hydrogens (tertiary/aromatic N) is 3. The Balaban J connectivity index is 2.23. The van der Waals surface area contributed by atoms with Crippen molar-refractivity contribution in [2.45, 2.75) is 20.8 Å². The van der Waals surface area contributed by atoms with Crippen molar-refractivity contribution >= 4 is 17.3 Å². The number of hydrogen-bond acceptors (Lipinski definition) is 7. The van der Waals surface area contributed by atoms with Crippen LogP contribution in [0.25, 0.3) is 0 Å². The van der Waals surface area contributed by atoms with Crippen LogP contribution in [-0.4, -0.2) is 22.8 Å². The maximum Gasteiger partial charge on any atom is 0.369 e. The van der Waals surface area contributed by atoms with E-state index in [4.69, 9.17) is 14.7 Å². The Hall–Kier alpha value is -2.46. The molecule has 0 atom stereocenters. The molecular weight excluding hydrogens is 290 g/mol. The normalized spacial score (nSPS) is 10.0. The summed E-state index contributed by atoms with van der Waals surface area (Å²) in [4.78, 5) is 11.5. The quantitative estimate of drug-likeness (QED) is 0.807. The molecule has 0 saturated carbocycles. The topological polar surface area (TPSA) is 85.1 Å². The first-order valence-electron chi connectivity index (χ1n) is 6.25. The molecule has 0 radical (unpaired) electrons. The fourth-order valence-electron chi connectivity index (χ4n) is 1.79. The Morgan fingerprint density at radius 2 is 2.00 bits per heavy atom. The molecule has 0 amide bonds. The Labute approximate surface area is 126 Å². The summed E-state index contributed by atoms with van der Waals surface area (Å²) in [7, 11) is 0. The third-order valence-corrected chi connectivity index (χ3v) is 3.42. The third kappa shape index (κ3) is 3.35. The minimum atomic E-state index is -0.516. The molecule has 0 aliphatic carbocycles. The number of aryl methyl sites for hydroxylation is 2. The van der Waals surface area contributed by atoms with E-state index in [-0.39, 0.29) is 16.8 Å². The number of hydrogen-bond donors (Lipinski definition) is 0. The average molecular weight is 303 g/mol. The largest absolute Gasteiger partial charge is 0.461 e. The van der Waals surface area contributed by atoms with Crippen LogP contribution in [0.3, 0.4) is 0 Å². The highest BCUT2D eigenvalue weighted by molar-refractivity contribution is 7.14. The Kier molecular flexibility index (Phi) is 4.50. The van der Waals surface area contributed by atoms with E-state index in [2.05, 4.69) is 16.3 Å². The van der Waals surface area contributed by atoms with E-state index in [1.54, 1.807) is 19.1 Å². The Bertz CT molecular complexity index is 695. The van der Waals surface area contributed by atoms with Gasteiger partial charge in [-0.25, -0.2) is 4.79 Å². The molecule has 0 fully saturated rings. The van der Waals surface area contributed by atoms with E-state index >= 15 is 0 Å². The van der Waals surface area contributed by atoms with Crippen molar-refractivity contribution in [3.8, 4) is 17.0 Å². The lowest BCUT2D eigenvalue weighted by molar-refractivity contribution is 0.0525. The molecule has 7 heteroatoms. The number of aromatic nitrogens is 2. The summed E-state index contributed by atoms with van der Waals surface area (Å²) in [6, 6.07) is 5.55. The van der Waals surface area contributed by atoms with E-state index in [0.29, 0.717) is 11.3 Å². The SMILES string of the molecule is CCOC(=O)c1nnc(Oc2c(C)cc(C#N)cc2C)s1. The maximum absolute atomic E-state index is 11.5. The summed E-state index contributed by atoms with van der Waals surface area (Å²) in [5, 5.41) is 16.9. The molecule has 6 nitrogen and oxygen atoms in total. The molecule has 0 saturated heterocycles. The first-order chi connectivity index (χ1) is 10.0. The monoisotopic (exact) mass is 303 g/mol. The maximum atomic E-state index is 11.5. The number of ether oxygens (including phenoxy) is 2. The molecule has 0 unspecified atom stereocenters. The molecule has 2 rings (SSSR count). The first-order valence-corrected chi connectivity index (χ1v) is 7.06. The van der Waals surface area contributed by atoms with Crippen LogP contribution in [0.15, 0.2) is 12.1 Å². The zero-order valence-corrected chi connectivity index (χ0v) is 12.7. The van der Waals surface area contributed by atoms with Gasteiger partial charge in [-0.15, -0.1) is 5.10 Å². The third-order valence-electron chi connectivity index (χ3n) is 2.64. The number of carbonyl (C=O) groups is 1. The van der Waals surface area contributed by atoms with Gasteiger partial charge in [0.1, 0.15) is 5.75 Å². The van der Waals surface area contributed by atoms with Gasteiger partial charge in [0.2, 0.25) is 5.01 Å². The lowest BCUT2D eigenvalue weighted by Crippen LogP contribution is -2.03. The molecule has 2 aromatic rings. The molecule has 0 aliphatic rings. The fourth-order valence-corrected chi connectivity index (χ4v) is 2.39. The van der Waals surface area contributed by atoms with Crippen molar-refractivity contribution < 1.29 is 14.3 Å². The van der Waals surface area contributed by atoms with Crippen LogP contribution in [0.2, 0.25) is 0 Å². The van der Waals surface area contributed by atoms with Crippen LogP contribution in [-0.2, 0) is 4.74 Å². The molecule has 1 heterocycles. The Morgan fingerprint density at radius 1 is 1.33 bits per heavy atom. The Morgan fingerprint density at radius 3 is 2.57 bits per heavy atom. The van der Waals surface area contributed by atoms with Crippen molar-refractivity contribution in [1.82, 2.24) is 10.2 Å². The fraction of sp³-hybridized carbons (Fsp3) is 0.286. The molecular formula is C14H13N3O3S. The van der Waals surface area contributed by atoms with E-state index in [1.807, 2.05) is 13.8 Å². The highest BCUT2D eigenvalue weighted by Gasteiger charge is 2.16. The second kappa shape index (κ2) is 6.33. The molecule has 21 heavy (non-hydrogen) atoms. The molecule has 0 spiro atoms. The van der Waals surface area contributed by atoms with Gasteiger partial charge in [0.25, 0.3) is 5.19 Å². The van der Waals surface area contributed by atoms with Crippen LogP contribution in [0.1, 0.15) is 33.4 Å². The van der Waals surface area contributed by atoms with Crippen molar-refractivity contribution in [3.05, 3.63) is 33.8 Å². The summed E-state index contributed by atoms with van der Waals surface area (Å²) in [5.41, 5.74) is 2.21. The first kappa shape index (κ1) is 14.9. The summed E-state index contributed by atoms with van der Waals surface area (Å²) in [6.07, 6.45) is 0. The summed E-state index contributed by atoms with van der Waals surface area (Å²) in [5.74, 6) is 0.0960. The summed E-state index contributed by atoms with van der Waals surface area (Å²) in [6.45, 7) is 5.69. The standard InChI is InChI=1S/C14H13N3O3S/c1-4-19-13(18)12-16-17-14(21-12)20-11-8(2)5-10(7-15)6-9(11)3/h5-6H,4H2,1-3H3. The van der Waals surface area contributed by atoms with E-state index in [0.717, 1.165) is 22.5 Å². The van der Waals surface area contributed by atoms with Gasteiger partial charge >= 0.3 is 5.97 Å².